The predicted molar refractivity (Wildman–Crippen MR) is 63.5 cm³/mol. The summed E-state index contributed by atoms with van der Waals surface area (Å²) in [5.41, 5.74) is 4.22. The average molecular weight is 255 g/mol. The van der Waals surface area contributed by atoms with E-state index in [0.717, 1.165) is 12.1 Å². The van der Waals surface area contributed by atoms with Crippen molar-refractivity contribution in [3.63, 3.8) is 0 Å². The highest BCUT2D eigenvalue weighted by atomic mass is 16.6. The lowest BCUT2D eigenvalue weighted by molar-refractivity contribution is -0.394. The Morgan fingerprint density at radius 2 is 1.89 bits per heavy atom. The highest BCUT2D eigenvalue weighted by Crippen LogP contribution is 2.31. The molecule has 0 aliphatic heterocycles. The zero-order valence-corrected chi connectivity index (χ0v) is 9.95. The number of nitrogens with two attached hydrogens (primary N) is 1. The topological polar surface area (TPSA) is 122 Å². The van der Waals surface area contributed by atoms with Crippen molar-refractivity contribution in [2.75, 3.05) is 6.61 Å². The largest absolute Gasteiger partial charge is 0.485 e. The fourth-order valence-electron chi connectivity index (χ4n) is 1.15. The summed E-state index contributed by atoms with van der Waals surface area (Å²) in [6.07, 6.45) is 0. The first kappa shape index (κ1) is 13.8. The quantitative estimate of drug-likeness (QED) is 0.630. The molecule has 0 saturated heterocycles. The third kappa shape index (κ3) is 3.67. The molecule has 0 bridgehead atoms. The molecule has 0 unspecified atom stereocenters. The molecule has 8 heteroatoms. The summed E-state index contributed by atoms with van der Waals surface area (Å²) in [5, 5.41) is 21.3. The van der Waals surface area contributed by atoms with Crippen LogP contribution in [-0.4, -0.2) is 22.0 Å². The number of nitro benzene ring substituents is 2. The summed E-state index contributed by atoms with van der Waals surface area (Å²) < 4.78 is 5.21. The third-order valence-corrected chi connectivity index (χ3v) is 1.95. The first-order valence-electron chi connectivity index (χ1n) is 5.05. The highest BCUT2D eigenvalue weighted by molar-refractivity contribution is 5.53. The number of ether oxygens (including phenoxy) is 1. The molecule has 0 aromatic heterocycles. The van der Waals surface area contributed by atoms with Crippen LogP contribution < -0.4 is 10.5 Å². The molecule has 0 fully saturated rings. The molecular formula is C10H13N3O5. The van der Waals surface area contributed by atoms with Gasteiger partial charge in [0, 0.05) is 11.6 Å². The molecule has 8 nitrogen and oxygen atoms in total. The summed E-state index contributed by atoms with van der Waals surface area (Å²) >= 11 is 0. The van der Waals surface area contributed by atoms with Crippen LogP contribution in [-0.2, 0) is 0 Å². The minimum Gasteiger partial charge on any atom is -0.485 e. The molecule has 98 valence electrons. The Bertz CT molecular complexity index is 481. The lowest BCUT2D eigenvalue weighted by atomic mass is 10.1. The zero-order valence-electron chi connectivity index (χ0n) is 9.95. The second-order valence-corrected chi connectivity index (χ2v) is 4.44. The number of nitrogens with zero attached hydrogens (tertiary/aromatic N) is 2. The van der Waals surface area contributed by atoms with E-state index in [4.69, 9.17) is 10.5 Å². The van der Waals surface area contributed by atoms with E-state index in [1.165, 1.54) is 6.07 Å². The van der Waals surface area contributed by atoms with Crippen LogP contribution in [0.15, 0.2) is 18.2 Å². The Morgan fingerprint density at radius 1 is 1.28 bits per heavy atom. The van der Waals surface area contributed by atoms with Gasteiger partial charge in [-0.05, 0) is 19.9 Å². The van der Waals surface area contributed by atoms with E-state index in [1.807, 2.05) is 0 Å². The molecule has 2 N–H and O–H groups in total. The van der Waals surface area contributed by atoms with Crippen LogP contribution in [0.1, 0.15) is 13.8 Å². The van der Waals surface area contributed by atoms with Gasteiger partial charge in [-0.2, -0.15) is 0 Å². The summed E-state index contributed by atoms with van der Waals surface area (Å²) in [5.74, 6) is -0.0378. The maximum absolute atomic E-state index is 10.8. The maximum Gasteiger partial charge on any atom is 0.317 e. The summed E-state index contributed by atoms with van der Waals surface area (Å²) in [6, 6.07) is 3.20. The predicted octanol–water partition coefficient (Wildman–Crippen LogP) is 1.62. The first-order chi connectivity index (χ1) is 8.20. The number of non-ortho nitro benzene ring substituents is 1. The van der Waals surface area contributed by atoms with Gasteiger partial charge in [0.15, 0.2) is 5.75 Å². The molecule has 0 amide bonds. The fraction of sp³-hybridized carbons (Fsp3) is 0.400. The minimum absolute atomic E-state index is 0.0378. The minimum atomic E-state index is -0.730. The van der Waals surface area contributed by atoms with Crippen molar-refractivity contribution < 1.29 is 14.6 Å². The lowest BCUT2D eigenvalue weighted by Gasteiger charge is -2.18. The smallest absolute Gasteiger partial charge is 0.317 e. The van der Waals surface area contributed by atoms with Crippen molar-refractivity contribution in [1.29, 1.82) is 0 Å². The number of benzene rings is 1. The van der Waals surface area contributed by atoms with Crippen LogP contribution in [0.3, 0.4) is 0 Å². The molecule has 0 atom stereocenters. The monoisotopic (exact) mass is 255 g/mol. The Labute approximate surface area is 103 Å². The van der Waals surface area contributed by atoms with Gasteiger partial charge >= 0.3 is 5.69 Å². The summed E-state index contributed by atoms with van der Waals surface area (Å²) in [6.45, 7) is 3.46. The number of hydrogen-bond donors (Lipinski definition) is 1. The molecule has 0 aliphatic rings. The van der Waals surface area contributed by atoms with Crippen LogP contribution in [0.25, 0.3) is 0 Å². The van der Waals surface area contributed by atoms with Gasteiger partial charge in [-0.25, -0.2) is 0 Å². The van der Waals surface area contributed by atoms with Gasteiger partial charge < -0.3 is 10.5 Å². The Morgan fingerprint density at radius 3 is 2.33 bits per heavy atom. The van der Waals surface area contributed by atoms with E-state index in [9.17, 15) is 20.2 Å². The molecule has 0 saturated carbocycles. The molecule has 18 heavy (non-hydrogen) atoms. The molecule has 0 heterocycles. The summed E-state index contributed by atoms with van der Waals surface area (Å²) in [7, 11) is 0. The van der Waals surface area contributed by atoms with Crippen molar-refractivity contribution >= 4 is 11.4 Å². The Hall–Kier alpha value is -2.22. The number of rotatable bonds is 5. The zero-order chi connectivity index (χ0) is 13.9. The standard InChI is InChI=1S/C10H13N3O5/c1-10(2,11)6-18-9-4-3-7(12(14)15)5-8(9)13(16)17/h3-5H,6,11H2,1-2H3. The normalized spacial score (nSPS) is 11.1. The maximum atomic E-state index is 10.8. The molecule has 1 aromatic rings. The van der Waals surface area contributed by atoms with Crippen LogP contribution in [0.2, 0.25) is 0 Å². The van der Waals surface area contributed by atoms with Crippen molar-refractivity contribution in [2.45, 2.75) is 19.4 Å². The Kier molecular flexibility index (Phi) is 3.82. The molecule has 0 radical (unpaired) electrons. The fourth-order valence-corrected chi connectivity index (χ4v) is 1.15. The SMILES string of the molecule is CC(C)(N)COc1ccc([N+](=O)[O-])cc1[N+](=O)[O-]. The average Bonchev–Trinajstić information content (AvgIpc) is 2.24. The molecule has 1 aromatic carbocycles. The third-order valence-electron chi connectivity index (χ3n) is 1.95. The van der Waals surface area contributed by atoms with Crippen LogP contribution >= 0.6 is 0 Å². The second-order valence-electron chi connectivity index (χ2n) is 4.44. The second kappa shape index (κ2) is 4.96. The van der Waals surface area contributed by atoms with E-state index in [1.54, 1.807) is 13.8 Å². The first-order valence-corrected chi connectivity index (χ1v) is 5.05. The van der Waals surface area contributed by atoms with Crippen molar-refractivity contribution in [3.05, 3.63) is 38.4 Å². The van der Waals surface area contributed by atoms with Gasteiger partial charge in [-0.15, -0.1) is 0 Å². The van der Waals surface area contributed by atoms with E-state index >= 15 is 0 Å². The van der Waals surface area contributed by atoms with Crippen molar-refractivity contribution in [1.82, 2.24) is 0 Å². The number of hydrogen-bond acceptors (Lipinski definition) is 6. The van der Waals surface area contributed by atoms with Crippen LogP contribution in [0, 0.1) is 20.2 Å². The molecule has 0 spiro atoms. The van der Waals surface area contributed by atoms with Gasteiger partial charge in [0.2, 0.25) is 0 Å². The Balaban J connectivity index is 3.05. The van der Waals surface area contributed by atoms with Crippen LogP contribution in [0.5, 0.6) is 5.75 Å². The van der Waals surface area contributed by atoms with Gasteiger partial charge in [-0.1, -0.05) is 0 Å². The molecule has 0 aliphatic carbocycles. The summed E-state index contributed by atoms with van der Waals surface area (Å²) in [4.78, 5) is 19.9. The van der Waals surface area contributed by atoms with Crippen molar-refractivity contribution in [3.8, 4) is 5.75 Å². The van der Waals surface area contributed by atoms with Gasteiger partial charge in [0.25, 0.3) is 5.69 Å². The van der Waals surface area contributed by atoms with Gasteiger partial charge in [-0.3, -0.25) is 20.2 Å². The van der Waals surface area contributed by atoms with Gasteiger partial charge in [0.1, 0.15) is 6.61 Å². The highest BCUT2D eigenvalue weighted by Gasteiger charge is 2.22. The van der Waals surface area contributed by atoms with E-state index in [-0.39, 0.29) is 18.0 Å². The molecule has 1 rings (SSSR count). The lowest BCUT2D eigenvalue weighted by Crippen LogP contribution is -2.38. The van der Waals surface area contributed by atoms with Crippen LogP contribution in [0.4, 0.5) is 11.4 Å². The molecular weight excluding hydrogens is 242 g/mol. The number of nitro groups is 2. The van der Waals surface area contributed by atoms with E-state index in [0.29, 0.717) is 0 Å². The van der Waals surface area contributed by atoms with Crippen molar-refractivity contribution in [2.24, 2.45) is 5.73 Å². The van der Waals surface area contributed by atoms with E-state index in [2.05, 4.69) is 0 Å². The van der Waals surface area contributed by atoms with Gasteiger partial charge in [0.05, 0.1) is 15.9 Å². The van der Waals surface area contributed by atoms with E-state index < -0.39 is 21.1 Å².